The quantitative estimate of drug-likeness (QED) is 0.681. The second-order valence-electron chi connectivity index (χ2n) is 9.65. The highest BCUT2D eigenvalue weighted by Gasteiger charge is 2.52. The molecule has 3 aliphatic rings. The Morgan fingerprint density at radius 3 is 2.50 bits per heavy atom. The van der Waals surface area contributed by atoms with E-state index in [1.165, 1.54) is 12.1 Å². The summed E-state index contributed by atoms with van der Waals surface area (Å²) >= 11 is 0. The lowest BCUT2D eigenvalue weighted by molar-refractivity contribution is -0.137. The Kier molecular flexibility index (Phi) is 6.65. The monoisotopic (exact) mass is 477 g/mol. The lowest BCUT2D eigenvalue weighted by Crippen LogP contribution is -2.51. The van der Waals surface area contributed by atoms with Gasteiger partial charge in [0, 0.05) is 50.4 Å². The van der Waals surface area contributed by atoms with Gasteiger partial charge in [-0.1, -0.05) is 0 Å². The lowest BCUT2D eigenvalue weighted by atomic mass is 9.70. The minimum absolute atomic E-state index is 0.0643. The second kappa shape index (κ2) is 9.35. The van der Waals surface area contributed by atoms with Crippen LogP contribution in [0, 0.1) is 28.6 Å². The molecule has 1 atom stereocenters. The summed E-state index contributed by atoms with van der Waals surface area (Å²) in [5.74, 6) is 0.0722. The fourth-order valence-corrected chi connectivity index (χ4v) is 5.20. The number of halogens is 3. The van der Waals surface area contributed by atoms with Crippen molar-refractivity contribution in [2.45, 2.75) is 38.8 Å². The first-order valence-electron chi connectivity index (χ1n) is 11.8. The fraction of sp³-hybridized carbons (Fsp3) is 0.625. The van der Waals surface area contributed by atoms with Crippen LogP contribution in [0.1, 0.15) is 43.7 Å². The third-order valence-electron chi connectivity index (χ3n) is 7.39. The van der Waals surface area contributed by atoms with Gasteiger partial charge < -0.3 is 20.4 Å². The highest BCUT2D eigenvalue weighted by atomic mass is 19.4. The maximum absolute atomic E-state index is 13.5. The van der Waals surface area contributed by atoms with Gasteiger partial charge in [0.05, 0.1) is 23.1 Å². The van der Waals surface area contributed by atoms with Crippen molar-refractivity contribution in [3.05, 3.63) is 29.3 Å². The molecule has 2 saturated heterocycles. The Morgan fingerprint density at radius 2 is 1.91 bits per heavy atom. The summed E-state index contributed by atoms with van der Waals surface area (Å²) in [6, 6.07) is 5.22. The van der Waals surface area contributed by atoms with E-state index in [2.05, 4.69) is 10.6 Å². The molecule has 3 amide bonds. The summed E-state index contributed by atoms with van der Waals surface area (Å²) in [5.41, 5.74) is -1.45. The predicted molar refractivity (Wildman–Crippen MR) is 120 cm³/mol. The molecule has 2 heterocycles. The molecule has 4 rings (SSSR count). The molecule has 7 nitrogen and oxygen atoms in total. The number of carbonyl (C=O) groups excluding carboxylic acids is 2. The number of piperidine rings is 1. The first kappa shape index (κ1) is 24.2. The van der Waals surface area contributed by atoms with Crippen LogP contribution in [0.3, 0.4) is 0 Å². The van der Waals surface area contributed by atoms with E-state index < -0.39 is 22.7 Å². The lowest BCUT2D eigenvalue weighted by Gasteiger charge is -2.42. The van der Waals surface area contributed by atoms with Crippen molar-refractivity contribution in [2.75, 3.05) is 44.2 Å². The van der Waals surface area contributed by atoms with Crippen LogP contribution in [0.15, 0.2) is 18.2 Å². The van der Waals surface area contributed by atoms with Gasteiger partial charge in [-0.3, -0.25) is 4.79 Å². The van der Waals surface area contributed by atoms with Gasteiger partial charge >= 0.3 is 12.2 Å². The molecule has 1 saturated carbocycles. The highest BCUT2D eigenvalue weighted by Crippen LogP contribution is 2.47. The molecule has 0 bridgehead atoms. The zero-order valence-electron chi connectivity index (χ0n) is 19.2. The number of likely N-dealkylation sites (tertiary alicyclic amines) is 1. The molecule has 2 aliphatic heterocycles. The van der Waals surface area contributed by atoms with Crippen LogP contribution in [0.4, 0.5) is 23.7 Å². The predicted octanol–water partition coefficient (Wildman–Crippen LogP) is 3.35. The van der Waals surface area contributed by atoms with Crippen LogP contribution in [0.25, 0.3) is 0 Å². The third kappa shape index (κ3) is 4.93. The van der Waals surface area contributed by atoms with Crippen LogP contribution < -0.4 is 15.5 Å². The molecule has 184 valence electrons. The van der Waals surface area contributed by atoms with Gasteiger partial charge in [0.15, 0.2) is 0 Å². The molecule has 3 fully saturated rings. The van der Waals surface area contributed by atoms with Crippen molar-refractivity contribution in [2.24, 2.45) is 17.3 Å². The van der Waals surface area contributed by atoms with Crippen molar-refractivity contribution in [1.82, 2.24) is 15.5 Å². The van der Waals surface area contributed by atoms with E-state index in [9.17, 15) is 22.8 Å². The summed E-state index contributed by atoms with van der Waals surface area (Å²) in [7, 11) is 0. The molecule has 0 radical (unpaired) electrons. The van der Waals surface area contributed by atoms with Gasteiger partial charge in [-0.25, -0.2) is 4.79 Å². The van der Waals surface area contributed by atoms with E-state index in [1.807, 2.05) is 11.8 Å². The summed E-state index contributed by atoms with van der Waals surface area (Å²) < 4.78 is 40.6. The van der Waals surface area contributed by atoms with E-state index >= 15 is 0 Å². The first-order chi connectivity index (χ1) is 16.2. The fourth-order valence-electron chi connectivity index (χ4n) is 5.20. The van der Waals surface area contributed by atoms with Crippen molar-refractivity contribution in [3.63, 3.8) is 0 Å². The molecule has 1 aromatic carbocycles. The topological polar surface area (TPSA) is 88.5 Å². The Labute approximate surface area is 197 Å². The Hall–Kier alpha value is -2.96. The normalized spacial score (nSPS) is 21.9. The van der Waals surface area contributed by atoms with Crippen LogP contribution in [-0.4, -0.2) is 56.1 Å². The number of hydrogen-bond acceptors (Lipinski definition) is 4. The molecule has 1 unspecified atom stereocenters. The number of hydrogen-bond donors (Lipinski definition) is 2. The molecule has 34 heavy (non-hydrogen) atoms. The average Bonchev–Trinajstić information content (AvgIpc) is 3.57. The number of rotatable bonds is 5. The van der Waals surface area contributed by atoms with Crippen LogP contribution >= 0.6 is 0 Å². The molecule has 1 aliphatic carbocycles. The molecule has 0 aromatic heterocycles. The van der Waals surface area contributed by atoms with E-state index in [4.69, 9.17) is 5.26 Å². The number of nitrogens with zero attached hydrogens (tertiary/aromatic N) is 3. The Morgan fingerprint density at radius 1 is 1.21 bits per heavy atom. The maximum Gasteiger partial charge on any atom is 0.417 e. The molecular formula is C24H30F3N5O2. The number of alkyl halides is 3. The standard InChI is InChI=1S/C24H30F3N5O2/c1-2-29-22(34)31-9-7-23(8-10-31)15-32(14-20(23)21(33)30-13-16-3-4-16)18-6-5-17(12-28)19(11-18)24(25,26)27/h5-6,11,16,20H,2-4,7-10,13-15H2,1H3,(H,29,34)(H,30,33). The van der Waals surface area contributed by atoms with Gasteiger partial charge in [-0.05, 0) is 56.7 Å². The van der Waals surface area contributed by atoms with Crippen molar-refractivity contribution < 1.29 is 22.8 Å². The van der Waals surface area contributed by atoms with E-state index in [0.29, 0.717) is 63.7 Å². The van der Waals surface area contributed by atoms with E-state index in [1.54, 1.807) is 11.0 Å². The number of anilines is 1. The summed E-state index contributed by atoms with van der Waals surface area (Å²) in [5, 5.41) is 15.0. The van der Waals surface area contributed by atoms with Gasteiger partial charge in [0.1, 0.15) is 0 Å². The minimum atomic E-state index is -4.64. The Balaban J connectivity index is 1.57. The molecule has 1 aromatic rings. The average molecular weight is 478 g/mol. The zero-order chi connectivity index (χ0) is 24.5. The summed E-state index contributed by atoms with van der Waals surface area (Å²) in [4.78, 5) is 29.1. The van der Waals surface area contributed by atoms with E-state index in [-0.39, 0.29) is 17.9 Å². The van der Waals surface area contributed by atoms with Gasteiger partial charge in [-0.15, -0.1) is 0 Å². The molecule has 2 N–H and O–H groups in total. The number of carbonyl (C=O) groups is 2. The number of nitrogens with one attached hydrogen (secondary N) is 2. The van der Waals surface area contributed by atoms with Crippen molar-refractivity contribution >= 4 is 17.6 Å². The summed E-state index contributed by atoms with van der Waals surface area (Å²) in [6.45, 7) is 4.74. The van der Waals surface area contributed by atoms with Gasteiger partial charge in [0.25, 0.3) is 0 Å². The van der Waals surface area contributed by atoms with Crippen molar-refractivity contribution in [1.29, 1.82) is 5.26 Å². The highest BCUT2D eigenvalue weighted by molar-refractivity contribution is 5.81. The third-order valence-corrected chi connectivity index (χ3v) is 7.39. The SMILES string of the molecule is CCNC(=O)N1CCC2(CC1)CN(c1ccc(C#N)c(C(F)(F)F)c1)CC2C(=O)NCC1CC1. The molecule has 10 heteroatoms. The number of amides is 3. The Bertz CT molecular complexity index is 978. The van der Waals surface area contributed by atoms with Crippen LogP contribution in [-0.2, 0) is 11.0 Å². The largest absolute Gasteiger partial charge is 0.417 e. The number of urea groups is 1. The first-order valence-corrected chi connectivity index (χ1v) is 11.8. The maximum atomic E-state index is 13.5. The smallest absolute Gasteiger partial charge is 0.370 e. The number of nitriles is 1. The second-order valence-corrected chi connectivity index (χ2v) is 9.65. The van der Waals surface area contributed by atoms with Crippen LogP contribution in [0.5, 0.6) is 0 Å². The van der Waals surface area contributed by atoms with Crippen molar-refractivity contribution in [3.8, 4) is 6.07 Å². The van der Waals surface area contributed by atoms with Crippen LogP contribution in [0.2, 0.25) is 0 Å². The van der Waals surface area contributed by atoms with Gasteiger partial charge in [-0.2, -0.15) is 18.4 Å². The minimum Gasteiger partial charge on any atom is -0.370 e. The van der Waals surface area contributed by atoms with E-state index in [0.717, 1.165) is 18.9 Å². The molecular weight excluding hydrogens is 447 g/mol. The zero-order valence-corrected chi connectivity index (χ0v) is 19.2. The number of benzene rings is 1. The molecule has 1 spiro atoms. The summed E-state index contributed by atoms with van der Waals surface area (Å²) in [6.07, 6.45) is -1.23. The van der Waals surface area contributed by atoms with Gasteiger partial charge in [0.2, 0.25) is 5.91 Å².